The molecule has 0 aliphatic heterocycles. The Kier molecular flexibility index (Phi) is 3.01. The molecule has 1 fully saturated rings. The van der Waals surface area contributed by atoms with E-state index >= 15 is 0 Å². The van der Waals surface area contributed by atoms with E-state index in [0.29, 0.717) is 19.3 Å². The minimum absolute atomic E-state index is 0.0986. The van der Waals surface area contributed by atoms with Crippen LogP contribution in [0.3, 0.4) is 0 Å². The Labute approximate surface area is 101 Å². The van der Waals surface area contributed by atoms with E-state index in [1.54, 1.807) is 0 Å². The first-order chi connectivity index (χ1) is 8.11. The fourth-order valence-electron chi connectivity index (χ4n) is 2.60. The van der Waals surface area contributed by atoms with Crippen LogP contribution in [0.4, 0.5) is 0 Å². The molecule has 0 radical (unpaired) electrons. The van der Waals surface area contributed by atoms with Crippen molar-refractivity contribution in [3.8, 4) is 6.07 Å². The van der Waals surface area contributed by atoms with Crippen LogP contribution in [0, 0.1) is 23.7 Å². The number of rotatable bonds is 3. The van der Waals surface area contributed by atoms with E-state index in [9.17, 15) is 10.1 Å². The summed E-state index contributed by atoms with van der Waals surface area (Å²) in [7, 11) is 0. The van der Waals surface area contributed by atoms with Gasteiger partial charge >= 0.3 is 0 Å². The normalized spacial score (nSPS) is 23.9. The average Bonchev–Trinajstić information content (AvgIpc) is 2.84. The van der Waals surface area contributed by atoms with E-state index in [0.717, 1.165) is 24.4 Å². The first-order valence-corrected chi connectivity index (χ1v) is 6.09. The third-order valence-electron chi connectivity index (χ3n) is 3.52. The van der Waals surface area contributed by atoms with Crippen molar-refractivity contribution in [2.45, 2.75) is 46.1 Å². The van der Waals surface area contributed by atoms with Gasteiger partial charge in [0.1, 0.15) is 5.41 Å². The number of carbonyl (C=O) groups is 1. The second-order valence-electron chi connectivity index (χ2n) is 4.74. The van der Waals surface area contributed by atoms with Crippen LogP contribution < -0.4 is 0 Å². The molecule has 0 bridgehead atoms. The molecule has 90 valence electrons. The average molecular weight is 231 g/mol. The van der Waals surface area contributed by atoms with Crippen molar-refractivity contribution in [3.63, 3.8) is 0 Å². The Morgan fingerprint density at radius 1 is 1.65 bits per heavy atom. The van der Waals surface area contributed by atoms with Gasteiger partial charge in [-0.2, -0.15) is 10.4 Å². The summed E-state index contributed by atoms with van der Waals surface area (Å²) < 4.78 is 1.89. The molecule has 4 nitrogen and oxygen atoms in total. The van der Waals surface area contributed by atoms with Crippen molar-refractivity contribution in [2.75, 3.05) is 0 Å². The highest BCUT2D eigenvalue weighted by Gasteiger charge is 2.43. The van der Waals surface area contributed by atoms with Crippen molar-refractivity contribution in [2.24, 2.45) is 5.41 Å². The number of Topliss-reactive ketones (excluding diaryl/α,β-unsaturated/α-hetero) is 1. The van der Waals surface area contributed by atoms with Gasteiger partial charge in [-0.05, 0) is 32.8 Å². The molecule has 1 aliphatic rings. The summed E-state index contributed by atoms with van der Waals surface area (Å²) in [6, 6.07) is 4.23. The number of aromatic nitrogens is 2. The predicted molar refractivity (Wildman–Crippen MR) is 63.2 cm³/mol. The summed E-state index contributed by atoms with van der Waals surface area (Å²) in [4.78, 5) is 11.9. The lowest BCUT2D eigenvalue weighted by Crippen LogP contribution is -2.27. The van der Waals surface area contributed by atoms with Crippen molar-refractivity contribution in [3.05, 3.63) is 17.5 Å². The molecule has 0 N–H and O–H groups in total. The highest BCUT2D eigenvalue weighted by Crippen LogP contribution is 2.37. The second-order valence-corrected chi connectivity index (χ2v) is 4.74. The molecule has 17 heavy (non-hydrogen) atoms. The van der Waals surface area contributed by atoms with Crippen LogP contribution in [0.1, 0.15) is 37.6 Å². The molecule has 0 saturated heterocycles. The summed E-state index contributed by atoms with van der Waals surface area (Å²) in [5.74, 6) is 0.0986. The molecule has 0 aromatic carbocycles. The maximum absolute atomic E-state index is 11.9. The number of hydrogen-bond donors (Lipinski definition) is 0. The Morgan fingerprint density at radius 2 is 2.41 bits per heavy atom. The lowest BCUT2D eigenvalue weighted by Gasteiger charge is -2.18. The van der Waals surface area contributed by atoms with Gasteiger partial charge < -0.3 is 0 Å². The third-order valence-corrected chi connectivity index (χ3v) is 3.52. The Bertz CT molecular complexity index is 483. The second kappa shape index (κ2) is 4.33. The van der Waals surface area contributed by atoms with Gasteiger partial charge in [0, 0.05) is 25.1 Å². The maximum atomic E-state index is 11.9. The van der Waals surface area contributed by atoms with Crippen LogP contribution in [0.5, 0.6) is 0 Å². The smallest absolute Gasteiger partial charge is 0.153 e. The van der Waals surface area contributed by atoms with Crippen molar-refractivity contribution < 1.29 is 4.79 Å². The minimum atomic E-state index is -0.792. The standard InChI is InChI=1S/C13H17N3O/c1-3-16-11(7-10(2)15-16)8-13(9-14)6-4-5-12(13)17/h7H,3-6,8H2,1-2H3. The van der Waals surface area contributed by atoms with Crippen LogP contribution in [0.25, 0.3) is 0 Å². The van der Waals surface area contributed by atoms with Gasteiger partial charge in [-0.1, -0.05) is 0 Å². The Hall–Kier alpha value is -1.63. The van der Waals surface area contributed by atoms with Gasteiger partial charge in [0.15, 0.2) is 5.78 Å². The van der Waals surface area contributed by atoms with Crippen LogP contribution >= 0.6 is 0 Å². The van der Waals surface area contributed by atoms with Crippen LogP contribution in [-0.2, 0) is 17.8 Å². The highest BCUT2D eigenvalue weighted by molar-refractivity contribution is 5.89. The molecular weight excluding hydrogens is 214 g/mol. The summed E-state index contributed by atoms with van der Waals surface area (Å²) in [5, 5.41) is 13.7. The third kappa shape index (κ3) is 1.97. The van der Waals surface area contributed by atoms with Gasteiger partial charge in [-0.25, -0.2) is 0 Å². The predicted octanol–water partition coefficient (Wildman–Crippen LogP) is 2.02. The molecule has 0 amide bonds. The first kappa shape index (κ1) is 11.8. The van der Waals surface area contributed by atoms with Gasteiger partial charge in [-0.15, -0.1) is 0 Å². The fraction of sp³-hybridized carbons (Fsp3) is 0.615. The molecule has 2 rings (SSSR count). The molecule has 0 spiro atoms. The first-order valence-electron chi connectivity index (χ1n) is 6.09. The maximum Gasteiger partial charge on any atom is 0.153 e. The largest absolute Gasteiger partial charge is 0.298 e. The van der Waals surface area contributed by atoms with Crippen LogP contribution in [0.15, 0.2) is 6.07 Å². The van der Waals surface area contributed by atoms with Crippen molar-refractivity contribution in [1.82, 2.24) is 9.78 Å². The lowest BCUT2D eigenvalue weighted by atomic mass is 9.82. The SMILES string of the molecule is CCn1nc(C)cc1CC1(C#N)CCCC1=O. The molecule has 1 unspecified atom stereocenters. The molecule has 1 aromatic heterocycles. The van der Waals surface area contributed by atoms with E-state index in [-0.39, 0.29) is 5.78 Å². The number of carbonyl (C=O) groups excluding carboxylic acids is 1. The van der Waals surface area contributed by atoms with Gasteiger partial charge in [-0.3, -0.25) is 9.48 Å². The van der Waals surface area contributed by atoms with Crippen LogP contribution in [-0.4, -0.2) is 15.6 Å². The summed E-state index contributed by atoms with van der Waals surface area (Å²) in [6.45, 7) is 4.73. The molecule has 1 aromatic rings. The summed E-state index contributed by atoms with van der Waals surface area (Å²) >= 11 is 0. The lowest BCUT2D eigenvalue weighted by molar-refractivity contribution is -0.123. The molecule has 1 heterocycles. The topological polar surface area (TPSA) is 58.7 Å². The molecular formula is C13H17N3O. The van der Waals surface area contributed by atoms with Gasteiger partial charge in [0.25, 0.3) is 0 Å². The number of aryl methyl sites for hydroxylation is 2. The van der Waals surface area contributed by atoms with Crippen LogP contribution in [0.2, 0.25) is 0 Å². The van der Waals surface area contributed by atoms with E-state index in [1.165, 1.54) is 0 Å². The molecule has 1 aliphatic carbocycles. The monoisotopic (exact) mass is 231 g/mol. The Balaban J connectivity index is 2.30. The zero-order valence-electron chi connectivity index (χ0n) is 10.4. The number of hydrogen-bond acceptors (Lipinski definition) is 3. The molecule has 4 heteroatoms. The number of nitriles is 1. The number of ketones is 1. The minimum Gasteiger partial charge on any atom is -0.298 e. The summed E-state index contributed by atoms with van der Waals surface area (Å²) in [6.07, 6.45) is 2.59. The Morgan fingerprint density at radius 3 is 2.94 bits per heavy atom. The summed E-state index contributed by atoms with van der Waals surface area (Å²) in [5.41, 5.74) is 1.15. The van der Waals surface area contributed by atoms with Crippen molar-refractivity contribution >= 4 is 5.78 Å². The zero-order valence-corrected chi connectivity index (χ0v) is 10.4. The van der Waals surface area contributed by atoms with E-state index < -0.39 is 5.41 Å². The zero-order chi connectivity index (χ0) is 12.5. The van der Waals surface area contributed by atoms with E-state index in [4.69, 9.17) is 0 Å². The van der Waals surface area contributed by atoms with E-state index in [2.05, 4.69) is 11.2 Å². The fourth-order valence-corrected chi connectivity index (χ4v) is 2.60. The molecule has 1 atom stereocenters. The van der Waals surface area contributed by atoms with Gasteiger partial charge in [0.05, 0.1) is 11.8 Å². The quantitative estimate of drug-likeness (QED) is 0.799. The van der Waals surface area contributed by atoms with Crippen molar-refractivity contribution in [1.29, 1.82) is 5.26 Å². The van der Waals surface area contributed by atoms with E-state index in [1.807, 2.05) is 24.6 Å². The molecule has 1 saturated carbocycles. The number of nitrogens with zero attached hydrogens (tertiary/aromatic N) is 3. The van der Waals surface area contributed by atoms with Gasteiger partial charge in [0.2, 0.25) is 0 Å². The highest BCUT2D eigenvalue weighted by atomic mass is 16.1.